The van der Waals surface area contributed by atoms with Crippen LogP contribution >= 0.6 is 11.6 Å². The van der Waals surface area contributed by atoms with Crippen LogP contribution in [0.25, 0.3) is 0 Å². The van der Waals surface area contributed by atoms with Gasteiger partial charge in [-0.2, -0.15) is 0 Å². The van der Waals surface area contributed by atoms with E-state index in [1.54, 1.807) is 0 Å². The number of guanidine groups is 1. The van der Waals surface area contributed by atoms with E-state index < -0.39 is 0 Å². The monoisotopic (exact) mass is 431 g/mol. The molecule has 0 radical (unpaired) electrons. The summed E-state index contributed by atoms with van der Waals surface area (Å²) in [7, 11) is 2.22. The highest BCUT2D eigenvalue weighted by molar-refractivity contribution is 6.30. The fourth-order valence-corrected chi connectivity index (χ4v) is 5.03. The van der Waals surface area contributed by atoms with Gasteiger partial charge in [0.15, 0.2) is 5.96 Å². The fraction of sp³-hybridized carbons (Fsp3) is 0.625. The molecular formula is C24H38ClN5. The highest BCUT2D eigenvalue weighted by Crippen LogP contribution is 2.36. The van der Waals surface area contributed by atoms with Gasteiger partial charge in [-0.1, -0.05) is 29.8 Å². The van der Waals surface area contributed by atoms with E-state index in [1.165, 1.54) is 18.4 Å². The normalized spacial score (nSPS) is 24.6. The summed E-state index contributed by atoms with van der Waals surface area (Å²) in [4.78, 5) is 9.95. The molecule has 0 bridgehead atoms. The molecule has 0 saturated carbocycles. The van der Waals surface area contributed by atoms with Crippen LogP contribution in [0.1, 0.15) is 44.2 Å². The summed E-state index contributed by atoms with van der Waals surface area (Å²) in [5.74, 6) is 1.45. The second-order valence-corrected chi connectivity index (χ2v) is 9.05. The first kappa shape index (κ1) is 23.1. The minimum atomic E-state index is 0.367. The second kappa shape index (κ2) is 11.7. The summed E-state index contributed by atoms with van der Waals surface area (Å²) in [6, 6.07) is 9.19. The van der Waals surface area contributed by atoms with Gasteiger partial charge in [0.25, 0.3) is 0 Å². The molecule has 1 aromatic carbocycles. The molecule has 0 amide bonds. The first-order valence-corrected chi connectivity index (χ1v) is 11.8. The Bertz CT molecular complexity index is 699. The number of nitrogens with zero attached hydrogens (tertiary/aromatic N) is 3. The number of hydrogen-bond donors (Lipinski definition) is 2. The van der Waals surface area contributed by atoms with Crippen molar-refractivity contribution in [2.24, 2.45) is 10.9 Å². The van der Waals surface area contributed by atoms with Crippen LogP contribution in [0, 0.1) is 5.92 Å². The van der Waals surface area contributed by atoms with Crippen molar-refractivity contribution in [2.45, 2.75) is 44.7 Å². The zero-order chi connectivity index (χ0) is 21.3. The minimum Gasteiger partial charge on any atom is -0.357 e. The number of aliphatic imine (C=N–C) groups is 1. The van der Waals surface area contributed by atoms with Gasteiger partial charge in [0.2, 0.25) is 0 Å². The van der Waals surface area contributed by atoms with Crippen LogP contribution < -0.4 is 10.6 Å². The molecule has 30 heavy (non-hydrogen) atoms. The van der Waals surface area contributed by atoms with E-state index in [4.69, 9.17) is 16.6 Å². The molecule has 2 unspecified atom stereocenters. The maximum atomic E-state index is 6.29. The third kappa shape index (κ3) is 6.47. The molecule has 2 aliphatic rings. The van der Waals surface area contributed by atoms with Crippen molar-refractivity contribution in [3.63, 3.8) is 0 Å². The Hall–Kier alpha value is -1.56. The van der Waals surface area contributed by atoms with Gasteiger partial charge in [0.1, 0.15) is 0 Å². The summed E-state index contributed by atoms with van der Waals surface area (Å²) in [6.07, 6.45) is 6.71. The largest absolute Gasteiger partial charge is 0.357 e. The maximum Gasteiger partial charge on any atom is 0.191 e. The summed E-state index contributed by atoms with van der Waals surface area (Å²) < 4.78 is 0. The van der Waals surface area contributed by atoms with Crippen LogP contribution in [0.15, 0.2) is 41.9 Å². The van der Waals surface area contributed by atoms with Gasteiger partial charge in [0, 0.05) is 49.8 Å². The van der Waals surface area contributed by atoms with E-state index in [0.29, 0.717) is 18.0 Å². The van der Waals surface area contributed by atoms with Gasteiger partial charge in [-0.25, -0.2) is 0 Å². The van der Waals surface area contributed by atoms with Gasteiger partial charge in [-0.05, 0) is 69.8 Å². The first-order valence-electron chi connectivity index (χ1n) is 11.4. The van der Waals surface area contributed by atoms with Gasteiger partial charge in [-0.3, -0.25) is 14.8 Å². The summed E-state index contributed by atoms with van der Waals surface area (Å²) in [5.41, 5.74) is 1.30. The molecule has 6 heteroatoms. The zero-order valence-corrected chi connectivity index (χ0v) is 19.4. The molecule has 2 atom stereocenters. The Morgan fingerprint density at radius 1 is 1.27 bits per heavy atom. The topological polar surface area (TPSA) is 42.9 Å². The number of piperidine rings is 2. The molecule has 2 aliphatic heterocycles. The quantitative estimate of drug-likeness (QED) is 0.390. The molecule has 1 aromatic rings. The summed E-state index contributed by atoms with van der Waals surface area (Å²) in [5, 5.41) is 7.95. The molecule has 2 N–H and O–H groups in total. The third-order valence-electron chi connectivity index (χ3n) is 6.34. The average Bonchev–Trinajstić information content (AvgIpc) is 2.74. The maximum absolute atomic E-state index is 6.29. The molecule has 0 spiro atoms. The fourth-order valence-electron chi connectivity index (χ4n) is 4.83. The van der Waals surface area contributed by atoms with Crippen LogP contribution in [0.5, 0.6) is 0 Å². The summed E-state index contributed by atoms with van der Waals surface area (Å²) >= 11 is 6.29. The number of hydrogen-bond acceptors (Lipinski definition) is 3. The SMILES string of the molecule is C=CCN1CCC(NC(=NCC2CCCN(C)C2c2cccc(Cl)c2)NCC)CC1. The van der Waals surface area contributed by atoms with Crippen LogP contribution in [0.2, 0.25) is 5.02 Å². The average molecular weight is 432 g/mol. The van der Waals surface area contributed by atoms with Gasteiger partial charge < -0.3 is 10.6 Å². The van der Waals surface area contributed by atoms with Crippen molar-refractivity contribution in [2.75, 3.05) is 46.3 Å². The number of likely N-dealkylation sites (tertiary alicyclic amines) is 2. The molecule has 2 saturated heterocycles. The molecule has 0 aliphatic carbocycles. The van der Waals surface area contributed by atoms with Crippen molar-refractivity contribution >= 4 is 17.6 Å². The molecule has 2 heterocycles. The standard InChI is InChI=1S/C24H38ClN5/c1-4-13-30-15-11-22(12-16-30)28-24(26-5-2)27-18-20-9-7-14-29(3)23(20)19-8-6-10-21(25)17-19/h4,6,8,10,17,20,22-23H,1,5,7,9,11-16,18H2,2-3H3,(H2,26,27,28). The van der Waals surface area contributed by atoms with Crippen molar-refractivity contribution < 1.29 is 0 Å². The van der Waals surface area contributed by atoms with Crippen molar-refractivity contribution in [3.05, 3.63) is 47.5 Å². The zero-order valence-electron chi connectivity index (χ0n) is 18.6. The van der Waals surface area contributed by atoms with Gasteiger partial charge in [-0.15, -0.1) is 6.58 Å². The lowest BCUT2D eigenvalue weighted by Crippen LogP contribution is -2.49. The predicted molar refractivity (Wildman–Crippen MR) is 128 cm³/mol. The lowest BCUT2D eigenvalue weighted by atomic mass is 9.85. The van der Waals surface area contributed by atoms with Gasteiger partial charge >= 0.3 is 0 Å². The van der Waals surface area contributed by atoms with E-state index in [0.717, 1.165) is 63.1 Å². The van der Waals surface area contributed by atoms with Crippen molar-refractivity contribution in [1.82, 2.24) is 20.4 Å². The van der Waals surface area contributed by atoms with Crippen LogP contribution in [-0.4, -0.2) is 68.1 Å². The Morgan fingerprint density at radius 2 is 2.07 bits per heavy atom. The van der Waals surface area contributed by atoms with Crippen LogP contribution in [-0.2, 0) is 0 Å². The van der Waals surface area contributed by atoms with Gasteiger partial charge in [0.05, 0.1) is 0 Å². The van der Waals surface area contributed by atoms with Crippen LogP contribution in [0.4, 0.5) is 0 Å². The van der Waals surface area contributed by atoms with E-state index in [2.05, 4.69) is 59.2 Å². The Labute approximate surface area is 187 Å². The van der Waals surface area contributed by atoms with E-state index in [-0.39, 0.29) is 0 Å². The molecule has 166 valence electrons. The highest BCUT2D eigenvalue weighted by atomic mass is 35.5. The van der Waals surface area contributed by atoms with E-state index in [9.17, 15) is 0 Å². The van der Waals surface area contributed by atoms with E-state index >= 15 is 0 Å². The molecule has 0 aromatic heterocycles. The lowest BCUT2D eigenvalue weighted by Gasteiger charge is -2.39. The summed E-state index contributed by atoms with van der Waals surface area (Å²) in [6.45, 7) is 12.0. The smallest absolute Gasteiger partial charge is 0.191 e. The number of benzene rings is 1. The predicted octanol–water partition coefficient (Wildman–Crippen LogP) is 3.93. The number of halogens is 1. The molecule has 3 rings (SSSR count). The first-order chi connectivity index (χ1) is 14.6. The second-order valence-electron chi connectivity index (χ2n) is 8.61. The third-order valence-corrected chi connectivity index (χ3v) is 6.58. The van der Waals surface area contributed by atoms with Crippen molar-refractivity contribution in [1.29, 1.82) is 0 Å². The molecule has 5 nitrogen and oxygen atoms in total. The molecular weight excluding hydrogens is 394 g/mol. The minimum absolute atomic E-state index is 0.367. The Kier molecular flexibility index (Phi) is 9.04. The van der Waals surface area contributed by atoms with Crippen molar-refractivity contribution in [3.8, 4) is 0 Å². The van der Waals surface area contributed by atoms with Crippen LogP contribution in [0.3, 0.4) is 0 Å². The Balaban J connectivity index is 1.64. The number of nitrogens with one attached hydrogen (secondary N) is 2. The lowest BCUT2D eigenvalue weighted by molar-refractivity contribution is 0.125. The highest BCUT2D eigenvalue weighted by Gasteiger charge is 2.30. The Morgan fingerprint density at radius 3 is 2.77 bits per heavy atom. The number of rotatable bonds is 7. The molecule has 2 fully saturated rings. The van der Waals surface area contributed by atoms with E-state index in [1.807, 2.05) is 12.1 Å².